The molecule has 1 fully saturated rings. The van der Waals surface area contributed by atoms with Crippen molar-refractivity contribution in [1.29, 1.82) is 0 Å². The number of hydrogen-bond acceptors (Lipinski definition) is 5. The van der Waals surface area contributed by atoms with Crippen LogP contribution >= 0.6 is 0 Å². The van der Waals surface area contributed by atoms with E-state index >= 15 is 0 Å². The summed E-state index contributed by atoms with van der Waals surface area (Å²) in [7, 11) is 0. The lowest BCUT2D eigenvalue weighted by Gasteiger charge is -2.21. The summed E-state index contributed by atoms with van der Waals surface area (Å²) in [6, 6.07) is 1.81. The number of rotatable bonds is 3. The smallest absolute Gasteiger partial charge is 0.407 e. The number of alkyl carbamates (subject to hydrolysis) is 1. The van der Waals surface area contributed by atoms with Crippen molar-refractivity contribution in [2.24, 2.45) is 5.92 Å². The second kappa shape index (κ2) is 6.07. The lowest BCUT2D eigenvalue weighted by molar-refractivity contribution is 0.0520. The predicted octanol–water partition coefficient (Wildman–Crippen LogP) is 1.83. The van der Waals surface area contributed by atoms with Gasteiger partial charge in [-0.05, 0) is 39.2 Å². The molecule has 1 aliphatic heterocycles. The van der Waals surface area contributed by atoms with Gasteiger partial charge in [-0.3, -0.25) is 0 Å². The highest BCUT2D eigenvalue weighted by molar-refractivity contribution is 5.67. The molecule has 0 aliphatic carbocycles. The number of amides is 1. The molecule has 20 heavy (non-hydrogen) atoms. The molecule has 0 aromatic carbocycles. The van der Waals surface area contributed by atoms with Crippen molar-refractivity contribution in [3.8, 4) is 0 Å². The van der Waals surface area contributed by atoms with E-state index in [2.05, 4.69) is 20.2 Å². The van der Waals surface area contributed by atoms with Crippen LogP contribution in [0.4, 0.5) is 10.7 Å². The Labute approximate surface area is 119 Å². The van der Waals surface area contributed by atoms with Crippen LogP contribution in [0.1, 0.15) is 27.2 Å². The number of nitrogens with one attached hydrogen (secondary N) is 1. The molecule has 6 nitrogen and oxygen atoms in total. The van der Waals surface area contributed by atoms with E-state index in [0.29, 0.717) is 12.5 Å². The number of aromatic nitrogens is 2. The Balaban J connectivity index is 1.75. The van der Waals surface area contributed by atoms with Crippen LogP contribution in [0.5, 0.6) is 0 Å². The lowest BCUT2D eigenvalue weighted by atomic mass is 10.1. The van der Waals surface area contributed by atoms with E-state index in [-0.39, 0.29) is 6.09 Å². The molecule has 1 saturated heterocycles. The van der Waals surface area contributed by atoms with E-state index in [1.165, 1.54) is 0 Å². The summed E-state index contributed by atoms with van der Waals surface area (Å²) >= 11 is 0. The molecule has 1 N–H and O–H groups in total. The van der Waals surface area contributed by atoms with Crippen LogP contribution in [-0.2, 0) is 4.74 Å². The highest BCUT2D eigenvalue weighted by Gasteiger charge is 2.25. The first kappa shape index (κ1) is 14.6. The van der Waals surface area contributed by atoms with Gasteiger partial charge < -0.3 is 15.0 Å². The minimum Gasteiger partial charge on any atom is -0.444 e. The van der Waals surface area contributed by atoms with Gasteiger partial charge in [-0.15, -0.1) is 0 Å². The van der Waals surface area contributed by atoms with Crippen molar-refractivity contribution in [3.63, 3.8) is 0 Å². The van der Waals surface area contributed by atoms with Crippen molar-refractivity contribution in [2.45, 2.75) is 32.8 Å². The molecule has 0 radical (unpaired) electrons. The summed E-state index contributed by atoms with van der Waals surface area (Å²) in [5.41, 5.74) is -0.455. The molecule has 110 valence electrons. The summed E-state index contributed by atoms with van der Waals surface area (Å²) < 4.78 is 5.22. The zero-order valence-corrected chi connectivity index (χ0v) is 12.3. The van der Waals surface area contributed by atoms with Gasteiger partial charge in [0, 0.05) is 32.0 Å². The van der Waals surface area contributed by atoms with Crippen LogP contribution in [0.2, 0.25) is 0 Å². The van der Waals surface area contributed by atoms with Gasteiger partial charge in [-0.1, -0.05) is 0 Å². The Kier molecular flexibility index (Phi) is 4.42. The third-order valence-corrected chi connectivity index (χ3v) is 3.05. The SMILES string of the molecule is CC(C)(C)OC(=O)NC[C@@H]1CCN(c2ncccn2)C1. The maximum atomic E-state index is 11.6. The highest BCUT2D eigenvalue weighted by atomic mass is 16.6. The van der Waals surface area contributed by atoms with Gasteiger partial charge in [0.25, 0.3) is 0 Å². The fourth-order valence-corrected chi connectivity index (χ4v) is 2.18. The Morgan fingerprint density at radius 3 is 2.80 bits per heavy atom. The van der Waals surface area contributed by atoms with Gasteiger partial charge in [0.1, 0.15) is 5.60 Å². The van der Waals surface area contributed by atoms with E-state index in [9.17, 15) is 4.79 Å². The maximum Gasteiger partial charge on any atom is 0.407 e. The second-order valence-electron chi connectivity index (χ2n) is 6.03. The Morgan fingerprint density at radius 1 is 1.45 bits per heavy atom. The molecular weight excluding hydrogens is 256 g/mol. The minimum absolute atomic E-state index is 0.355. The van der Waals surface area contributed by atoms with Gasteiger partial charge in [-0.25, -0.2) is 14.8 Å². The van der Waals surface area contributed by atoms with E-state index in [1.54, 1.807) is 18.5 Å². The average Bonchev–Trinajstić information content (AvgIpc) is 2.84. The molecule has 1 aromatic heterocycles. The molecule has 2 rings (SSSR count). The van der Waals surface area contributed by atoms with E-state index < -0.39 is 5.60 Å². The first-order valence-corrected chi connectivity index (χ1v) is 6.93. The van der Waals surface area contributed by atoms with Gasteiger partial charge in [-0.2, -0.15) is 0 Å². The fraction of sp³-hybridized carbons (Fsp3) is 0.643. The zero-order chi connectivity index (χ0) is 14.6. The average molecular weight is 278 g/mol. The topological polar surface area (TPSA) is 67.3 Å². The number of anilines is 1. The summed E-state index contributed by atoms with van der Waals surface area (Å²) in [4.78, 5) is 22.2. The second-order valence-corrected chi connectivity index (χ2v) is 6.03. The molecule has 6 heteroatoms. The zero-order valence-electron chi connectivity index (χ0n) is 12.3. The van der Waals surface area contributed by atoms with Gasteiger partial charge >= 0.3 is 6.09 Å². The Morgan fingerprint density at radius 2 is 2.15 bits per heavy atom. The van der Waals surface area contributed by atoms with Gasteiger partial charge in [0.05, 0.1) is 0 Å². The molecule has 0 spiro atoms. The van der Waals surface area contributed by atoms with Crippen molar-refractivity contribution in [1.82, 2.24) is 15.3 Å². The van der Waals surface area contributed by atoms with E-state index in [1.807, 2.05) is 20.8 Å². The van der Waals surface area contributed by atoms with Crippen LogP contribution in [0, 0.1) is 5.92 Å². The largest absolute Gasteiger partial charge is 0.444 e. The van der Waals surface area contributed by atoms with Crippen LogP contribution in [0.3, 0.4) is 0 Å². The van der Waals surface area contributed by atoms with Crippen LogP contribution in [0.15, 0.2) is 18.5 Å². The van der Waals surface area contributed by atoms with Gasteiger partial charge in [0.2, 0.25) is 5.95 Å². The first-order chi connectivity index (χ1) is 9.44. The number of ether oxygens (including phenoxy) is 1. The summed E-state index contributed by atoms with van der Waals surface area (Å²) in [6.07, 6.45) is 4.16. The number of carbonyl (C=O) groups is 1. The number of carbonyl (C=O) groups excluding carboxylic acids is 1. The summed E-state index contributed by atoms with van der Waals surface area (Å²) in [5.74, 6) is 1.17. The molecule has 0 unspecified atom stereocenters. The third-order valence-electron chi connectivity index (χ3n) is 3.05. The van der Waals surface area contributed by atoms with Crippen molar-refractivity contribution >= 4 is 12.0 Å². The Bertz CT molecular complexity index is 444. The minimum atomic E-state index is -0.455. The van der Waals surface area contributed by atoms with E-state index in [4.69, 9.17) is 4.74 Å². The molecule has 1 atom stereocenters. The predicted molar refractivity (Wildman–Crippen MR) is 76.6 cm³/mol. The fourth-order valence-electron chi connectivity index (χ4n) is 2.18. The van der Waals surface area contributed by atoms with Crippen molar-refractivity contribution in [3.05, 3.63) is 18.5 Å². The quantitative estimate of drug-likeness (QED) is 0.913. The molecule has 1 aliphatic rings. The van der Waals surface area contributed by atoms with Crippen molar-refractivity contribution in [2.75, 3.05) is 24.5 Å². The van der Waals surface area contributed by atoms with Gasteiger partial charge in [0.15, 0.2) is 0 Å². The normalized spacial score (nSPS) is 18.9. The van der Waals surface area contributed by atoms with E-state index in [0.717, 1.165) is 25.5 Å². The van der Waals surface area contributed by atoms with Crippen LogP contribution in [-0.4, -0.2) is 41.3 Å². The number of nitrogens with zero attached hydrogens (tertiary/aromatic N) is 3. The summed E-state index contributed by atoms with van der Waals surface area (Å²) in [6.45, 7) is 7.98. The molecule has 0 saturated carbocycles. The molecule has 2 heterocycles. The number of hydrogen-bond donors (Lipinski definition) is 1. The van der Waals surface area contributed by atoms with Crippen LogP contribution in [0.25, 0.3) is 0 Å². The third kappa shape index (κ3) is 4.36. The first-order valence-electron chi connectivity index (χ1n) is 6.93. The van der Waals surface area contributed by atoms with Crippen molar-refractivity contribution < 1.29 is 9.53 Å². The van der Waals surface area contributed by atoms with Crippen LogP contribution < -0.4 is 10.2 Å². The maximum absolute atomic E-state index is 11.6. The molecule has 1 amide bonds. The lowest BCUT2D eigenvalue weighted by Crippen LogP contribution is -2.36. The molecule has 0 bridgehead atoms. The standard InChI is InChI=1S/C14H22N4O2/c1-14(2,3)20-13(19)17-9-11-5-8-18(10-11)12-15-6-4-7-16-12/h4,6-7,11H,5,8-10H2,1-3H3,(H,17,19)/t11-/m0/s1. The highest BCUT2D eigenvalue weighted by Crippen LogP contribution is 2.19. The Hall–Kier alpha value is -1.85. The molecular formula is C14H22N4O2. The molecule has 1 aromatic rings. The monoisotopic (exact) mass is 278 g/mol. The summed E-state index contributed by atoms with van der Waals surface area (Å²) in [5, 5.41) is 2.82.